The molecule has 2 rings (SSSR count). The average Bonchev–Trinajstić information content (AvgIpc) is 2.85. The van der Waals surface area contributed by atoms with Crippen LogP contribution in [0.25, 0.3) is 0 Å². The van der Waals surface area contributed by atoms with Crippen LogP contribution in [0.1, 0.15) is 24.9 Å². The van der Waals surface area contributed by atoms with E-state index in [9.17, 15) is 13.6 Å². The molecule has 3 unspecified atom stereocenters. The van der Waals surface area contributed by atoms with Crippen LogP contribution in [-0.2, 0) is 4.79 Å². The standard InChI is InChI=1S/C15H18F2N2O2/c1-9(19-14(20)10-6-7-11(18)8-10)12-4-2-3-5-13(12)21-15(16)17/h2-7,9-11,15H,8,18H2,1H3,(H,19,20). The molecule has 1 amide bonds. The summed E-state index contributed by atoms with van der Waals surface area (Å²) in [6, 6.07) is 5.88. The van der Waals surface area contributed by atoms with Gasteiger partial charge in [0.2, 0.25) is 5.91 Å². The number of hydrogen-bond acceptors (Lipinski definition) is 3. The van der Waals surface area contributed by atoms with E-state index in [1.165, 1.54) is 6.07 Å². The monoisotopic (exact) mass is 296 g/mol. The topological polar surface area (TPSA) is 64.4 Å². The third-order valence-corrected chi connectivity index (χ3v) is 3.41. The Bertz CT molecular complexity index is 534. The van der Waals surface area contributed by atoms with Crippen LogP contribution >= 0.6 is 0 Å². The number of para-hydroxylation sites is 1. The Hall–Kier alpha value is -1.95. The fraction of sp³-hybridized carbons (Fsp3) is 0.400. The van der Waals surface area contributed by atoms with Crippen molar-refractivity contribution in [2.45, 2.75) is 32.0 Å². The van der Waals surface area contributed by atoms with Crippen LogP contribution in [0.4, 0.5) is 8.78 Å². The van der Waals surface area contributed by atoms with E-state index in [0.29, 0.717) is 12.0 Å². The van der Waals surface area contributed by atoms with Crippen molar-refractivity contribution >= 4 is 5.91 Å². The summed E-state index contributed by atoms with van der Waals surface area (Å²) in [5, 5.41) is 2.80. The van der Waals surface area contributed by atoms with Gasteiger partial charge in [0.1, 0.15) is 5.75 Å². The number of amides is 1. The van der Waals surface area contributed by atoms with Crippen LogP contribution in [0, 0.1) is 5.92 Å². The van der Waals surface area contributed by atoms with Crippen molar-refractivity contribution in [3.63, 3.8) is 0 Å². The Labute approximate surface area is 122 Å². The highest BCUT2D eigenvalue weighted by Gasteiger charge is 2.25. The Morgan fingerprint density at radius 1 is 1.38 bits per heavy atom. The van der Waals surface area contributed by atoms with Gasteiger partial charge < -0.3 is 15.8 Å². The van der Waals surface area contributed by atoms with E-state index in [1.54, 1.807) is 37.3 Å². The van der Waals surface area contributed by atoms with E-state index in [4.69, 9.17) is 5.73 Å². The van der Waals surface area contributed by atoms with Crippen LogP contribution < -0.4 is 15.8 Å². The number of hydrogen-bond donors (Lipinski definition) is 2. The Morgan fingerprint density at radius 3 is 2.71 bits per heavy atom. The first-order valence-corrected chi connectivity index (χ1v) is 6.75. The van der Waals surface area contributed by atoms with Gasteiger partial charge in [-0.25, -0.2) is 0 Å². The highest BCUT2D eigenvalue weighted by Crippen LogP contribution is 2.27. The average molecular weight is 296 g/mol. The molecule has 6 heteroatoms. The van der Waals surface area contributed by atoms with Crippen molar-refractivity contribution in [2.24, 2.45) is 11.7 Å². The third kappa shape index (κ3) is 4.01. The smallest absolute Gasteiger partial charge is 0.387 e. The van der Waals surface area contributed by atoms with Crippen molar-refractivity contribution in [2.75, 3.05) is 0 Å². The van der Waals surface area contributed by atoms with E-state index in [2.05, 4.69) is 10.1 Å². The summed E-state index contributed by atoms with van der Waals surface area (Å²) in [7, 11) is 0. The van der Waals surface area contributed by atoms with E-state index in [-0.39, 0.29) is 23.6 Å². The maximum atomic E-state index is 12.4. The summed E-state index contributed by atoms with van der Waals surface area (Å²) in [6.07, 6.45) is 4.13. The molecule has 0 fully saturated rings. The van der Waals surface area contributed by atoms with Crippen LogP contribution in [0.3, 0.4) is 0 Å². The van der Waals surface area contributed by atoms with Gasteiger partial charge in [-0.15, -0.1) is 0 Å². The molecule has 1 aliphatic rings. The first-order valence-electron chi connectivity index (χ1n) is 6.75. The molecule has 0 bridgehead atoms. The van der Waals surface area contributed by atoms with E-state index in [0.717, 1.165) is 0 Å². The second-order valence-electron chi connectivity index (χ2n) is 5.04. The molecule has 21 heavy (non-hydrogen) atoms. The number of carbonyl (C=O) groups excluding carboxylic acids is 1. The molecule has 3 atom stereocenters. The minimum Gasteiger partial charge on any atom is -0.434 e. The number of halogens is 2. The van der Waals surface area contributed by atoms with E-state index in [1.807, 2.05) is 0 Å². The summed E-state index contributed by atoms with van der Waals surface area (Å²) < 4.78 is 29.2. The number of carbonyl (C=O) groups is 1. The summed E-state index contributed by atoms with van der Waals surface area (Å²) in [6.45, 7) is -1.17. The van der Waals surface area contributed by atoms with Crippen LogP contribution in [0.2, 0.25) is 0 Å². The summed E-state index contributed by atoms with van der Waals surface area (Å²) >= 11 is 0. The van der Waals surface area contributed by atoms with Gasteiger partial charge in [0.15, 0.2) is 0 Å². The van der Waals surface area contributed by atoms with Gasteiger partial charge in [0, 0.05) is 11.6 Å². The zero-order valence-corrected chi connectivity index (χ0v) is 11.6. The fourth-order valence-electron chi connectivity index (χ4n) is 2.36. The first kappa shape index (κ1) is 15.4. The second-order valence-corrected chi connectivity index (χ2v) is 5.04. The van der Waals surface area contributed by atoms with Gasteiger partial charge >= 0.3 is 6.61 Å². The largest absolute Gasteiger partial charge is 0.434 e. The second kappa shape index (κ2) is 6.67. The highest BCUT2D eigenvalue weighted by molar-refractivity contribution is 5.81. The lowest BCUT2D eigenvalue weighted by atomic mass is 10.0. The lowest BCUT2D eigenvalue weighted by molar-refractivity contribution is -0.124. The molecule has 4 nitrogen and oxygen atoms in total. The normalized spacial score (nSPS) is 22.3. The predicted octanol–water partition coefficient (Wildman–Crippen LogP) is 2.37. The van der Waals surface area contributed by atoms with E-state index >= 15 is 0 Å². The number of alkyl halides is 2. The lowest BCUT2D eigenvalue weighted by Crippen LogP contribution is -2.33. The zero-order chi connectivity index (χ0) is 15.4. The Balaban J connectivity index is 2.04. The molecule has 0 aliphatic heterocycles. The molecular weight excluding hydrogens is 278 g/mol. The Morgan fingerprint density at radius 2 is 2.10 bits per heavy atom. The SMILES string of the molecule is CC(NC(=O)C1C=CC(N)C1)c1ccccc1OC(F)F. The quantitative estimate of drug-likeness (QED) is 0.820. The van der Waals surface area contributed by atoms with Gasteiger partial charge in [-0.05, 0) is 19.4 Å². The number of rotatable bonds is 5. The van der Waals surface area contributed by atoms with E-state index < -0.39 is 12.7 Å². The van der Waals surface area contributed by atoms with Crippen molar-refractivity contribution in [3.8, 4) is 5.75 Å². The Kier molecular flexibility index (Phi) is 4.90. The molecule has 3 N–H and O–H groups in total. The molecular formula is C15H18F2N2O2. The van der Waals surface area contributed by atoms with Gasteiger partial charge in [-0.3, -0.25) is 4.79 Å². The van der Waals surface area contributed by atoms with Gasteiger partial charge in [-0.1, -0.05) is 30.4 Å². The van der Waals surface area contributed by atoms with Gasteiger partial charge in [-0.2, -0.15) is 8.78 Å². The number of benzene rings is 1. The number of ether oxygens (including phenoxy) is 1. The van der Waals surface area contributed by atoms with Gasteiger partial charge in [0.05, 0.1) is 12.0 Å². The third-order valence-electron chi connectivity index (χ3n) is 3.41. The predicted molar refractivity (Wildman–Crippen MR) is 74.9 cm³/mol. The minimum atomic E-state index is -2.90. The van der Waals surface area contributed by atoms with Crippen LogP contribution in [-0.4, -0.2) is 18.6 Å². The van der Waals surface area contributed by atoms with Crippen LogP contribution in [0.5, 0.6) is 5.75 Å². The molecule has 0 aromatic heterocycles. The zero-order valence-electron chi connectivity index (χ0n) is 11.6. The summed E-state index contributed by atoms with van der Waals surface area (Å²) in [4.78, 5) is 12.1. The van der Waals surface area contributed by atoms with Gasteiger partial charge in [0.25, 0.3) is 0 Å². The number of nitrogens with one attached hydrogen (secondary N) is 1. The maximum absolute atomic E-state index is 12.4. The molecule has 0 spiro atoms. The first-order chi connectivity index (χ1) is 9.97. The molecule has 1 aromatic rings. The molecule has 0 saturated carbocycles. The maximum Gasteiger partial charge on any atom is 0.387 e. The number of nitrogens with two attached hydrogens (primary N) is 1. The molecule has 114 valence electrons. The fourth-order valence-corrected chi connectivity index (χ4v) is 2.36. The van der Waals surface area contributed by atoms with Crippen LogP contribution in [0.15, 0.2) is 36.4 Å². The lowest BCUT2D eigenvalue weighted by Gasteiger charge is -2.19. The van der Waals surface area contributed by atoms with Crippen molar-refractivity contribution in [1.29, 1.82) is 0 Å². The van der Waals surface area contributed by atoms with Crippen molar-refractivity contribution < 1.29 is 18.3 Å². The molecule has 1 aliphatic carbocycles. The molecule has 1 aromatic carbocycles. The van der Waals surface area contributed by atoms with Crippen molar-refractivity contribution in [1.82, 2.24) is 5.32 Å². The molecule has 0 radical (unpaired) electrons. The summed E-state index contributed by atoms with van der Waals surface area (Å²) in [5.74, 6) is -0.372. The minimum absolute atomic E-state index is 0.0685. The van der Waals surface area contributed by atoms with Crippen molar-refractivity contribution in [3.05, 3.63) is 42.0 Å². The summed E-state index contributed by atoms with van der Waals surface area (Å²) in [5.41, 5.74) is 6.23. The molecule has 0 saturated heterocycles. The molecule has 0 heterocycles. The highest BCUT2D eigenvalue weighted by atomic mass is 19.3.